The Kier molecular flexibility index (Phi) is 2.45. The molecule has 0 radical (unpaired) electrons. The Labute approximate surface area is 79.5 Å². The van der Waals surface area contributed by atoms with Crippen molar-refractivity contribution < 1.29 is 9.13 Å². The molecule has 6 heteroatoms. The number of ether oxygens (including phenoxy) is 1. The second-order valence-corrected chi connectivity index (χ2v) is 2.98. The highest BCUT2D eigenvalue weighted by Gasteiger charge is 2.13. The molecule has 5 nitrogen and oxygen atoms in total. The van der Waals surface area contributed by atoms with Crippen LogP contribution in [0.3, 0.4) is 0 Å². The largest absolute Gasteiger partial charge is 0.378 e. The minimum Gasteiger partial charge on any atom is -0.378 e. The van der Waals surface area contributed by atoms with Crippen LogP contribution in [0.15, 0.2) is 11.0 Å². The van der Waals surface area contributed by atoms with Crippen LogP contribution in [0.25, 0.3) is 0 Å². The van der Waals surface area contributed by atoms with Gasteiger partial charge in [0.15, 0.2) is 0 Å². The van der Waals surface area contributed by atoms with E-state index in [4.69, 9.17) is 4.74 Å². The van der Waals surface area contributed by atoms with Gasteiger partial charge in [0.25, 0.3) is 5.56 Å². The molecule has 0 atom stereocenters. The van der Waals surface area contributed by atoms with Gasteiger partial charge in [0, 0.05) is 13.1 Å². The molecule has 1 aromatic rings. The molecule has 0 spiro atoms. The first-order valence-corrected chi connectivity index (χ1v) is 4.35. The molecule has 0 unspecified atom stereocenters. The van der Waals surface area contributed by atoms with E-state index < -0.39 is 11.4 Å². The number of rotatable bonds is 1. The van der Waals surface area contributed by atoms with Gasteiger partial charge in [0.1, 0.15) is 0 Å². The van der Waals surface area contributed by atoms with Crippen LogP contribution in [-0.2, 0) is 4.74 Å². The number of hydrogen-bond donors (Lipinski definition) is 1. The highest BCUT2D eigenvalue weighted by Crippen LogP contribution is 2.06. The molecule has 1 fully saturated rings. The molecular weight excluding hydrogens is 189 g/mol. The Balaban J connectivity index is 2.23. The predicted molar refractivity (Wildman–Crippen MR) is 47.8 cm³/mol. The van der Waals surface area contributed by atoms with Gasteiger partial charge in [-0.1, -0.05) is 0 Å². The van der Waals surface area contributed by atoms with Gasteiger partial charge in [-0.3, -0.25) is 9.78 Å². The average molecular weight is 199 g/mol. The number of hydrogen-bond acceptors (Lipinski definition) is 4. The van der Waals surface area contributed by atoms with Gasteiger partial charge in [0.2, 0.25) is 11.8 Å². The Morgan fingerprint density at radius 3 is 2.86 bits per heavy atom. The van der Waals surface area contributed by atoms with Crippen LogP contribution in [0.2, 0.25) is 0 Å². The lowest BCUT2D eigenvalue weighted by Gasteiger charge is -2.26. The van der Waals surface area contributed by atoms with Crippen molar-refractivity contribution >= 4 is 5.95 Å². The van der Waals surface area contributed by atoms with Crippen molar-refractivity contribution in [3.8, 4) is 0 Å². The van der Waals surface area contributed by atoms with Crippen LogP contribution in [0.5, 0.6) is 0 Å². The number of aromatic nitrogens is 2. The summed E-state index contributed by atoms with van der Waals surface area (Å²) in [5.41, 5.74) is -0.735. The van der Waals surface area contributed by atoms with Gasteiger partial charge in [-0.15, -0.1) is 0 Å². The molecule has 1 N–H and O–H groups in total. The van der Waals surface area contributed by atoms with E-state index in [2.05, 4.69) is 9.97 Å². The molecule has 0 amide bonds. The third-order valence-electron chi connectivity index (χ3n) is 2.05. The van der Waals surface area contributed by atoms with Crippen molar-refractivity contribution in [2.45, 2.75) is 0 Å². The topological polar surface area (TPSA) is 58.2 Å². The number of morpholine rings is 1. The van der Waals surface area contributed by atoms with Gasteiger partial charge < -0.3 is 9.64 Å². The molecule has 76 valence electrons. The summed E-state index contributed by atoms with van der Waals surface area (Å²) < 4.78 is 17.8. The van der Waals surface area contributed by atoms with Crippen molar-refractivity contribution in [3.63, 3.8) is 0 Å². The molecule has 0 aromatic carbocycles. The highest BCUT2D eigenvalue weighted by molar-refractivity contribution is 5.28. The lowest BCUT2D eigenvalue weighted by molar-refractivity contribution is 0.122. The van der Waals surface area contributed by atoms with Crippen LogP contribution >= 0.6 is 0 Å². The summed E-state index contributed by atoms with van der Waals surface area (Å²) in [6.45, 7) is 2.52. The minimum atomic E-state index is -0.859. The maximum Gasteiger partial charge on any atom is 0.288 e. The number of H-pyrrole nitrogens is 1. The molecular formula is C8H10FN3O2. The molecule has 2 heterocycles. The summed E-state index contributed by atoms with van der Waals surface area (Å²) in [4.78, 5) is 19.0. The van der Waals surface area contributed by atoms with Crippen molar-refractivity contribution in [1.82, 2.24) is 9.97 Å². The van der Waals surface area contributed by atoms with E-state index in [0.717, 1.165) is 6.20 Å². The standard InChI is InChI=1S/C8H10FN3O2/c9-6-5-10-8(11-7(6)13)12-1-3-14-4-2-12/h5H,1-4H2,(H,10,11,13). The summed E-state index contributed by atoms with van der Waals surface area (Å²) in [5, 5.41) is 0. The molecule has 0 saturated carbocycles. The predicted octanol–water partition coefficient (Wildman–Crippen LogP) is -0.254. The molecule has 1 saturated heterocycles. The Morgan fingerprint density at radius 2 is 2.21 bits per heavy atom. The second kappa shape index (κ2) is 3.75. The van der Waals surface area contributed by atoms with Crippen molar-refractivity contribution in [2.24, 2.45) is 0 Å². The molecule has 0 aliphatic carbocycles. The lowest BCUT2D eigenvalue weighted by Crippen LogP contribution is -2.38. The third-order valence-corrected chi connectivity index (χ3v) is 2.05. The Hall–Kier alpha value is -1.43. The van der Waals surface area contributed by atoms with E-state index in [0.29, 0.717) is 32.3 Å². The van der Waals surface area contributed by atoms with E-state index >= 15 is 0 Å². The maximum atomic E-state index is 12.6. The molecule has 1 aromatic heterocycles. The average Bonchev–Trinajstić information content (AvgIpc) is 2.23. The first-order chi connectivity index (χ1) is 6.77. The summed E-state index contributed by atoms with van der Waals surface area (Å²) in [5.74, 6) is -0.457. The van der Waals surface area contributed by atoms with E-state index in [1.54, 1.807) is 0 Å². The van der Waals surface area contributed by atoms with E-state index in [1.165, 1.54) is 0 Å². The quantitative estimate of drug-likeness (QED) is 0.677. The van der Waals surface area contributed by atoms with Crippen LogP contribution in [0.4, 0.5) is 10.3 Å². The molecule has 1 aliphatic rings. The van der Waals surface area contributed by atoms with Crippen molar-refractivity contribution in [1.29, 1.82) is 0 Å². The van der Waals surface area contributed by atoms with Crippen molar-refractivity contribution in [3.05, 3.63) is 22.4 Å². The SMILES string of the molecule is O=c1[nH]c(N2CCOCC2)ncc1F. The lowest BCUT2D eigenvalue weighted by atomic mass is 10.4. The van der Waals surface area contributed by atoms with E-state index in [-0.39, 0.29) is 0 Å². The van der Waals surface area contributed by atoms with Gasteiger partial charge in [0.05, 0.1) is 19.4 Å². The first-order valence-electron chi connectivity index (χ1n) is 4.35. The van der Waals surface area contributed by atoms with Gasteiger partial charge in [-0.2, -0.15) is 4.39 Å². The highest BCUT2D eigenvalue weighted by atomic mass is 19.1. The zero-order chi connectivity index (χ0) is 9.97. The zero-order valence-corrected chi connectivity index (χ0v) is 7.49. The number of anilines is 1. The first kappa shape index (κ1) is 9.14. The fourth-order valence-electron chi connectivity index (χ4n) is 1.31. The van der Waals surface area contributed by atoms with Crippen molar-refractivity contribution in [2.75, 3.05) is 31.2 Å². The Morgan fingerprint density at radius 1 is 1.50 bits per heavy atom. The summed E-state index contributed by atoms with van der Waals surface area (Å²) >= 11 is 0. The number of halogens is 1. The molecule has 2 rings (SSSR count). The van der Waals surface area contributed by atoms with Crippen LogP contribution in [-0.4, -0.2) is 36.3 Å². The van der Waals surface area contributed by atoms with E-state index in [1.807, 2.05) is 4.90 Å². The van der Waals surface area contributed by atoms with Gasteiger partial charge in [-0.05, 0) is 0 Å². The summed E-state index contributed by atoms with van der Waals surface area (Å²) in [6, 6.07) is 0. The number of aromatic amines is 1. The van der Waals surface area contributed by atoms with Crippen LogP contribution in [0, 0.1) is 5.82 Å². The third kappa shape index (κ3) is 1.74. The Bertz CT molecular complexity index is 373. The fourth-order valence-corrected chi connectivity index (χ4v) is 1.31. The summed E-state index contributed by atoms with van der Waals surface area (Å²) in [6.07, 6.45) is 0.934. The van der Waals surface area contributed by atoms with Crippen LogP contribution < -0.4 is 10.5 Å². The summed E-state index contributed by atoms with van der Waals surface area (Å²) in [7, 11) is 0. The van der Waals surface area contributed by atoms with E-state index in [9.17, 15) is 9.18 Å². The smallest absolute Gasteiger partial charge is 0.288 e. The second-order valence-electron chi connectivity index (χ2n) is 2.98. The molecule has 0 bridgehead atoms. The molecule has 14 heavy (non-hydrogen) atoms. The maximum absolute atomic E-state index is 12.6. The fraction of sp³-hybridized carbons (Fsp3) is 0.500. The number of nitrogens with zero attached hydrogens (tertiary/aromatic N) is 2. The normalized spacial score (nSPS) is 17.1. The zero-order valence-electron chi connectivity index (χ0n) is 7.49. The van der Waals surface area contributed by atoms with Gasteiger partial charge >= 0.3 is 0 Å². The van der Waals surface area contributed by atoms with Crippen LogP contribution in [0.1, 0.15) is 0 Å². The number of nitrogens with one attached hydrogen (secondary N) is 1. The monoisotopic (exact) mass is 199 g/mol. The van der Waals surface area contributed by atoms with Gasteiger partial charge in [-0.25, -0.2) is 4.98 Å². The molecule has 1 aliphatic heterocycles. The minimum absolute atomic E-state index is 0.403.